The van der Waals surface area contributed by atoms with Crippen LogP contribution in [0.2, 0.25) is 0 Å². The number of hydrogen-bond donors (Lipinski definition) is 3. The van der Waals surface area contributed by atoms with E-state index in [4.69, 9.17) is 9.84 Å². The third-order valence-electron chi connectivity index (χ3n) is 3.34. The number of thioether (sulfide) groups is 1. The molecule has 2 aliphatic rings. The third-order valence-corrected chi connectivity index (χ3v) is 4.73. The van der Waals surface area contributed by atoms with Gasteiger partial charge in [0.25, 0.3) is 0 Å². The normalized spacial score (nSPS) is 27.7. The number of carbonyl (C=O) groups is 2. The monoisotopic (exact) mass is 325 g/mol. The van der Waals surface area contributed by atoms with Crippen LogP contribution in [0.25, 0.3) is 0 Å². The van der Waals surface area contributed by atoms with E-state index in [0.717, 1.165) is 18.2 Å². The molecule has 0 radical (unpaired) electrons. The Kier molecular flexibility index (Phi) is 7.02. The van der Waals surface area contributed by atoms with Crippen LogP contribution in [-0.4, -0.2) is 46.3 Å². The minimum Gasteiger partial charge on any atom is -0.543 e. The van der Waals surface area contributed by atoms with Crippen LogP contribution in [-0.2, 0) is 14.3 Å². The van der Waals surface area contributed by atoms with Gasteiger partial charge in [-0.25, -0.2) is 0 Å². The fourth-order valence-electron chi connectivity index (χ4n) is 2.37. The second kappa shape index (κ2) is 7.85. The summed E-state index contributed by atoms with van der Waals surface area (Å²) in [6.45, 7) is 1.92. The molecule has 21 heavy (non-hydrogen) atoms. The summed E-state index contributed by atoms with van der Waals surface area (Å²) in [7, 11) is 0. The zero-order valence-corrected chi connectivity index (χ0v) is 14.7. The van der Waals surface area contributed by atoms with Gasteiger partial charge >= 0.3 is 35.5 Å². The Balaban J connectivity index is 0.00000220. The fourth-order valence-corrected chi connectivity index (χ4v) is 3.91. The van der Waals surface area contributed by atoms with Crippen molar-refractivity contribution in [1.82, 2.24) is 5.32 Å². The molecule has 0 aromatic rings. The molecular formula is C12H16NNaO6S. The Hall–Kier alpha value is -0.250. The Bertz CT molecular complexity index is 449. The number of hydrogen-bond acceptors (Lipinski definition) is 7. The summed E-state index contributed by atoms with van der Waals surface area (Å²) in [5, 5.41) is 31.8. The van der Waals surface area contributed by atoms with Gasteiger partial charge in [-0.2, -0.15) is 0 Å². The maximum atomic E-state index is 11.2. The third kappa shape index (κ3) is 4.14. The molecule has 0 aromatic carbocycles. The van der Waals surface area contributed by atoms with E-state index in [-0.39, 0.29) is 41.4 Å². The van der Waals surface area contributed by atoms with Gasteiger partial charge in [-0.3, -0.25) is 4.79 Å². The van der Waals surface area contributed by atoms with Crippen molar-refractivity contribution >= 4 is 23.7 Å². The van der Waals surface area contributed by atoms with Crippen molar-refractivity contribution in [3.8, 4) is 0 Å². The van der Waals surface area contributed by atoms with Crippen molar-refractivity contribution in [3.63, 3.8) is 0 Å². The molecule has 0 amide bonds. The molecule has 0 saturated carbocycles. The van der Waals surface area contributed by atoms with E-state index in [0.29, 0.717) is 17.9 Å². The topological polar surface area (TPSA) is 119 Å². The number of carboxylic acid groups (broad SMARTS) is 2. The molecule has 0 bridgehead atoms. The molecule has 2 aliphatic heterocycles. The molecule has 2 heterocycles. The first kappa shape index (κ1) is 18.8. The summed E-state index contributed by atoms with van der Waals surface area (Å²) in [4.78, 5) is 22.8. The maximum absolute atomic E-state index is 11.2. The van der Waals surface area contributed by atoms with Gasteiger partial charge in [0.15, 0.2) is 0 Å². The van der Waals surface area contributed by atoms with E-state index in [1.165, 1.54) is 6.92 Å². The quantitative estimate of drug-likeness (QED) is 0.436. The Morgan fingerprint density at radius 2 is 2.19 bits per heavy atom. The number of nitrogens with one attached hydrogen (secondary N) is 1. The van der Waals surface area contributed by atoms with Crippen molar-refractivity contribution < 1.29 is 59.2 Å². The van der Waals surface area contributed by atoms with Gasteiger partial charge in [0.05, 0.1) is 29.2 Å². The van der Waals surface area contributed by atoms with Crippen LogP contribution in [0, 0.1) is 5.92 Å². The zero-order chi connectivity index (χ0) is 14.9. The number of aliphatic carboxylic acids is 2. The molecule has 4 atom stereocenters. The summed E-state index contributed by atoms with van der Waals surface area (Å²) < 4.78 is 5.45. The first-order valence-electron chi connectivity index (χ1n) is 6.33. The van der Waals surface area contributed by atoms with Crippen LogP contribution in [0.3, 0.4) is 0 Å². The van der Waals surface area contributed by atoms with Gasteiger partial charge in [-0.15, -0.1) is 0 Å². The molecule has 2 rings (SSSR count). The Morgan fingerprint density at radius 1 is 1.52 bits per heavy atom. The molecule has 0 aliphatic carbocycles. The van der Waals surface area contributed by atoms with Gasteiger partial charge in [-0.1, -0.05) is 11.8 Å². The summed E-state index contributed by atoms with van der Waals surface area (Å²) in [6, 6.07) is 0. The minimum absolute atomic E-state index is 0. The molecule has 0 aromatic heterocycles. The summed E-state index contributed by atoms with van der Waals surface area (Å²) in [6.07, 6.45) is 0.0801. The van der Waals surface area contributed by atoms with Gasteiger partial charge in [0.2, 0.25) is 0 Å². The SMILES string of the molecule is C[C@@H](O)[C@H](C(=O)O)[C@@H]1NC(C(=O)[O-])=C([C@H]2CCCO2)S1.[Na+]. The van der Waals surface area contributed by atoms with Crippen LogP contribution in [0.5, 0.6) is 0 Å². The predicted octanol–water partition coefficient (Wildman–Crippen LogP) is -4.12. The van der Waals surface area contributed by atoms with Crippen molar-refractivity contribution in [2.24, 2.45) is 5.92 Å². The second-order valence-electron chi connectivity index (χ2n) is 4.82. The first-order chi connectivity index (χ1) is 9.41. The largest absolute Gasteiger partial charge is 1.00 e. The summed E-state index contributed by atoms with van der Waals surface area (Å²) >= 11 is 1.09. The van der Waals surface area contributed by atoms with Gasteiger partial charge in [-0.05, 0) is 19.8 Å². The number of carboxylic acids is 2. The molecule has 112 valence electrons. The average Bonchev–Trinajstić information content (AvgIpc) is 2.94. The second-order valence-corrected chi connectivity index (χ2v) is 6.00. The molecule has 1 fully saturated rings. The average molecular weight is 325 g/mol. The predicted molar refractivity (Wildman–Crippen MR) is 68.3 cm³/mol. The van der Waals surface area contributed by atoms with Crippen molar-refractivity contribution in [2.75, 3.05) is 6.61 Å². The van der Waals surface area contributed by atoms with Crippen LogP contribution >= 0.6 is 11.8 Å². The first-order valence-corrected chi connectivity index (χ1v) is 7.21. The fraction of sp³-hybridized carbons (Fsp3) is 0.667. The van der Waals surface area contributed by atoms with Crippen molar-refractivity contribution in [2.45, 2.75) is 37.3 Å². The zero-order valence-electron chi connectivity index (χ0n) is 11.9. The molecule has 7 nitrogen and oxygen atoms in total. The van der Waals surface area contributed by atoms with E-state index < -0.39 is 29.3 Å². The molecule has 1 saturated heterocycles. The van der Waals surface area contributed by atoms with E-state index >= 15 is 0 Å². The Morgan fingerprint density at radius 3 is 2.62 bits per heavy atom. The Labute approximate surface area is 148 Å². The van der Waals surface area contributed by atoms with Crippen molar-refractivity contribution in [3.05, 3.63) is 10.6 Å². The molecule has 3 N–H and O–H groups in total. The van der Waals surface area contributed by atoms with Gasteiger partial charge in [0, 0.05) is 11.5 Å². The molecule has 9 heteroatoms. The minimum atomic E-state index is -1.39. The number of ether oxygens (including phenoxy) is 1. The van der Waals surface area contributed by atoms with E-state index in [9.17, 15) is 19.8 Å². The summed E-state index contributed by atoms with van der Waals surface area (Å²) in [5.74, 6) is -3.69. The van der Waals surface area contributed by atoms with Gasteiger partial charge in [0.1, 0.15) is 5.92 Å². The van der Waals surface area contributed by atoms with E-state index in [1.54, 1.807) is 0 Å². The maximum Gasteiger partial charge on any atom is 1.00 e. The van der Waals surface area contributed by atoms with Gasteiger partial charge < -0.3 is 30.2 Å². The smallest absolute Gasteiger partial charge is 0.543 e. The summed E-state index contributed by atoms with van der Waals surface area (Å²) in [5.41, 5.74) is -0.126. The number of aliphatic hydroxyl groups excluding tert-OH is 1. The number of aliphatic hydroxyl groups is 1. The number of rotatable bonds is 5. The molecule has 0 unspecified atom stereocenters. The number of carbonyl (C=O) groups excluding carboxylic acids is 1. The molecule has 0 spiro atoms. The standard InChI is InChI=1S/C12H17NO6S.Na/c1-5(14)7(11(15)16)10-13-8(12(17)18)9(20-10)6-3-2-4-19-6;/h5-7,10,13-14H,2-4H2,1H3,(H,15,16)(H,17,18);/q;+1/p-1/t5-,6-,7+,10-;/m1./s1. The van der Waals surface area contributed by atoms with E-state index in [2.05, 4.69) is 5.32 Å². The van der Waals surface area contributed by atoms with Crippen LogP contribution < -0.4 is 40.0 Å². The molecular weight excluding hydrogens is 309 g/mol. The van der Waals surface area contributed by atoms with Crippen LogP contribution in [0.4, 0.5) is 0 Å². The van der Waals surface area contributed by atoms with Crippen molar-refractivity contribution in [1.29, 1.82) is 0 Å². The van der Waals surface area contributed by atoms with Crippen LogP contribution in [0.1, 0.15) is 19.8 Å². The van der Waals surface area contributed by atoms with Crippen LogP contribution in [0.15, 0.2) is 10.6 Å². The van der Waals surface area contributed by atoms with E-state index in [1.807, 2.05) is 0 Å².